The summed E-state index contributed by atoms with van der Waals surface area (Å²) in [5.41, 5.74) is 2.24. The van der Waals surface area contributed by atoms with Gasteiger partial charge in [-0.1, -0.05) is 6.07 Å². The average Bonchev–Trinajstić information content (AvgIpc) is 3.21. The Morgan fingerprint density at radius 1 is 1.10 bits per heavy atom. The van der Waals surface area contributed by atoms with Gasteiger partial charge >= 0.3 is 0 Å². The van der Waals surface area contributed by atoms with E-state index in [1.54, 1.807) is 25.3 Å². The lowest BCUT2D eigenvalue weighted by molar-refractivity contribution is -0.117. The number of carbonyl (C=O) groups excluding carboxylic acids is 2. The quantitative estimate of drug-likeness (QED) is 0.739. The number of fused-ring (bicyclic) bond motifs is 1. The van der Waals surface area contributed by atoms with Gasteiger partial charge in [0.1, 0.15) is 19.0 Å². The number of nitrogens with one attached hydrogen (secondary N) is 2. The zero-order valence-electron chi connectivity index (χ0n) is 17.8. The first kappa shape index (κ1) is 21.0. The second kappa shape index (κ2) is 9.26. The maximum atomic E-state index is 12.8. The monoisotopic (exact) mass is 425 g/mol. The predicted octanol–water partition coefficient (Wildman–Crippen LogP) is 3.20. The maximum absolute atomic E-state index is 12.8. The Bertz CT molecular complexity index is 978. The molecule has 2 aliphatic rings. The Morgan fingerprint density at radius 3 is 2.68 bits per heavy atom. The molecule has 1 saturated heterocycles. The lowest BCUT2D eigenvalue weighted by atomic mass is 10.0. The molecule has 2 heterocycles. The van der Waals surface area contributed by atoms with Crippen molar-refractivity contribution in [2.75, 3.05) is 44.0 Å². The van der Waals surface area contributed by atoms with E-state index in [9.17, 15) is 9.59 Å². The van der Waals surface area contributed by atoms with Gasteiger partial charge in [0.2, 0.25) is 11.8 Å². The minimum atomic E-state index is -0.179. The van der Waals surface area contributed by atoms with Crippen molar-refractivity contribution in [1.82, 2.24) is 4.90 Å². The van der Waals surface area contributed by atoms with Crippen molar-refractivity contribution in [2.45, 2.75) is 25.8 Å². The van der Waals surface area contributed by atoms with Gasteiger partial charge in [0, 0.05) is 18.7 Å². The van der Waals surface area contributed by atoms with Crippen LogP contribution in [0.4, 0.5) is 11.4 Å². The van der Waals surface area contributed by atoms with E-state index in [1.807, 2.05) is 18.2 Å². The summed E-state index contributed by atoms with van der Waals surface area (Å²) < 4.78 is 16.7. The Hall–Kier alpha value is -3.26. The number of ether oxygens (including phenoxy) is 3. The van der Waals surface area contributed by atoms with Crippen LogP contribution in [0.5, 0.6) is 17.2 Å². The molecular weight excluding hydrogens is 398 g/mol. The van der Waals surface area contributed by atoms with Gasteiger partial charge in [0.15, 0.2) is 11.5 Å². The minimum Gasteiger partial charge on any atom is -0.495 e. The van der Waals surface area contributed by atoms with Gasteiger partial charge in [0.25, 0.3) is 0 Å². The molecule has 8 nitrogen and oxygen atoms in total. The van der Waals surface area contributed by atoms with E-state index in [2.05, 4.69) is 15.5 Å². The van der Waals surface area contributed by atoms with E-state index < -0.39 is 0 Å². The normalized spacial score (nSPS) is 17.8. The van der Waals surface area contributed by atoms with E-state index in [0.29, 0.717) is 30.3 Å². The molecule has 4 rings (SSSR count). The molecule has 0 saturated carbocycles. The predicted molar refractivity (Wildman–Crippen MR) is 117 cm³/mol. The van der Waals surface area contributed by atoms with E-state index in [4.69, 9.17) is 14.2 Å². The highest BCUT2D eigenvalue weighted by atomic mass is 16.6. The average molecular weight is 425 g/mol. The molecule has 2 amide bonds. The molecule has 0 spiro atoms. The van der Waals surface area contributed by atoms with E-state index in [-0.39, 0.29) is 24.4 Å². The molecule has 0 radical (unpaired) electrons. The Labute approximate surface area is 181 Å². The van der Waals surface area contributed by atoms with Crippen LogP contribution in [0.3, 0.4) is 0 Å². The number of carbonyl (C=O) groups is 2. The van der Waals surface area contributed by atoms with Crippen molar-refractivity contribution in [3.8, 4) is 17.2 Å². The summed E-state index contributed by atoms with van der Waals surface area (Å²) in [6.07, 6.45) is 2.00. The summed E-state index contributed by atoms with van der Waals surface area (Å²) in [4.78, 5) is 26.3. The molecule has 8 heteroatoms. The highest BCUT2D eigenvalue weighted by Crippen LogP contribution is 2.38. The molecule has 2 N–H and O–H groups in total. The molecule has 1 atom stereocenters. The molecule has 0 bridgehead atoms. The molecule has 2 aromatic rings. The third-order valence-electron chi connectivity index (χ3n) is 5.46. The van der Waals surface area contributed by atoms with Gasteiger partial charge in [-0.05, 0) is 55.3 Å². The highest BCUT2D eigenvalue weighted by Gasteiger charge is 2.29. The van der Waals surface area contributed by atoms with Crippen molar-refractivity contribution in [1.29, 1.82) is 0 Å². The van der Waals surface area contributed by atoms with Gasteiger partial charge < -0.3 is 24.8 Å². The smallest absolute Gasteiger partial charge is 0.238 e. The number of anilines is 2. The number of methoxy groups -OCH3 is 1. The lowest BCUT2D eigenvalue weighted by Crippen LogP contribution is -2.33. The molecular formula is C23H27N3O5. The van der Waals surface area contributed by atoms with Crippen molar-refractivity contribution in [3.63, 3.8) is 0 Å². The van der Waals surface area contributed by atoms with Gasteiger partial charge in [-0.15, -0.1) is 0 Å². The number of nitrogens with zero attached hydrogens (tertiary/aromatic N) is 1. The number of benzene rings is 2. The van der Waals surface area contributed by atoms with Crippen LogP contribution in [-0.4, -0.2) is 50.1 Å². The second-order valence-corrected chi connectivity index (χ2v) is 7.68. The summed E-state index contributed by atoms with van der Waals surface area (Å²) in [6, 6.07) is 11.3. The van der Waals surface area contributed by atoms with Gasteiger partial charge in [0.05, 0.1) is 19.3 Å². The highest BCUT2D eigenvalue weighted by molar-refractivity contribution is 5.95. The fourth-order valence-corrected chi connectivity index (χ4v) is 4.12. The van der Waals surface area contributed by atoms with Crippen molar-refractivity contribution < 1.29 is 23.8 Å². The number of likely N-dealkylation sites (tertiary alicyclic amines) is 1. The molecule has 164 valence electrons. The van der Waals surface area contributed by atoms with Crippen molar-refractivity contribution in [2.24, 2.45) is 0 Å². The number of rotatable bonds is 6. The van der Waals surface area contributed by atoms with Crippen LogP contribution < -0.4 is 24.8 Å². The first-order valence-corrected chi connectivity index (χ1v) is 10.4. The van der Waals surface area contributed by atoms with Crippen LogP contribution in [0.1, 0.15) is 31.4 Å². The number of hydrogen-bond acceptors (Lipinski definition) is 6. The van der Waals surface area contributed by atoms with Gasteiger partial charge in [-0.3, -0.25) is 14.5 Å². The molecule has 0 aromatic heterocycles. The molecule has 31 heavy (non-hydrogen) atoms. The lowest BCUT2D eigenvalue weighted by Gasteiger charge is -2.26. The third-order valence-corrected chi connectivity index (χ3v) is 5.46. The van der Waals surface area contributed by atoms with Crippen molar-refractivity contribution >= 4 is 23.2 Å². The van der Waals surface area contributed by atoms with Crippen LogP contribution in [0.15, 0.2) is 36.4 Å². The summed E-state index contributed by atoms with van der Waals surface area (Å²) in [6.45, 7) is 3.65. The van der Waals surface area contributed by atoms with Crippen LogP contribution >= 0.6 is 0 Å². The van der Waals surface area contributed by atoms with E-state index in [1.165, 1.54) is 6.92 Å². The molecule has 0 aliphatic carbocycles. The third kappa shape index (κ3) is 4.91. The largest absolute Gasteiger partial charge is 0.495 e. The first-order chi connectivity index (χ1) is 15.0. The second-order valence-electron chi connectivity index (χ2n) is 7.68. The van der Waals surface area contributed by atoms with Crippen LogP contribution in [0.25, 0.3) is 0 Å². The SMILES string of the molecule is COc1ccc(NC(C)=O)cc1NC(=O)CN1CCC[C@@H]1c1ccc2c(c1)OCCO2. The van der Waals surface area contributed by atoms with E-state index >= 15 is 0 Å². The molecule has 1 fully saturated rings. The zero-order valence-corrected chi connectivity index (χ0v) is 17.8. The minimum absolute atomic E-state index is 0.136. The van der Waals surface area contributed by atoms with Gasteiger partial charge in [-0.2, -0.15) is 0 Å². The van der Waals surface area contributed by atoms with Crippen LogP contribution in [-0.2, 0) is 9.59 Å². The van der Waals surface area contributed by atoms with Crippen molar-refractivity contribution in [3.05, 3.63) is 42.0 Å². The van der Waals surface area contributed by atoms with Crippen LogP contribution in [0.2, 0.25) is 0 Å². The fraction of sp³-hybridized carbons (Fsp3) is 0.391. The maximum Gasteiger partial charge on any atom is 0.238 e. The molecule has 2 aromatic carbocycles. The number of hydrogen-bond donors (Lipinski definition) is 2. The summed E-state index contributed by atoms with van der Waals surface area (Å²) in [7, 11) is 1.54. The van der Waals surface area contributed by atoms with Gasteiger partial charge in [-0.25, -0.2) is 0 Å². The van der Waals surface area contributed by atoms with E-state index in [0.717, 1.165) is 36.4 Å². The number of amides is 2. The molecule has 2 aliphatic heterocycles. The standard InChI is InChI=1S/C23H27N3O5/c1-15(27)24-17-6-8-20(29-2)18(13-17)25-23(28)14-26-9-3-4-19(26)16-5-7-21-22(12-16)31-11-10-30-21/h5-8,12-13,19H,3-4,9-11,14H2,1-2H3,(H,24,27)(H,25,28)/t19-/m1/s1. The Balaban J connectivity index is 1.45. The first-order valence-electron chi connectivity index (χ1n) is 10.4. The Kier molecular flexibility index (Phi) is 6.27. The molecule has 0 unspecified atom stereocenters. The topological polar surface area (TPSA) is 89.1 Å². The Morgan fingerprint density at radius 2 is 1.90 bits per heavy atom. The fourth-order valence-electron chi connectivity index (χ4n) is 4.12. The summed E-state index contributed by atoms with van der Waals surface area (Å²) in [5, 5.41) is 5.64. The zero-order chi connectivity index (χ0) is 21.8. The summed E-state index contributed by atoms with van der Waals surface area (Å²) in [5.74, 6) is 1.75. The summed E-state index contributed by atoms with van der Waals surface area (Å²) >= 11 is 0. The van der Waals surface area contributed by atoms with Crippen LogP contribution in [0, 0.1) is 0 Å².